The van der Waals surface area contributed by atoms with Gasteiger partial charge in [0.2, 0.25) is 0 Å². The molecule has 0 aromatic heterocycles. The fraction of sp³-hybridized carbons (Fsp3) is 0.625. The lowest BCUT2D eigenvalue weighted by Gasteiger charge is -2.37. The molecular formula is C16H34O3Si4. The average Bonchev–Trinajstić information content (AvgIpc) is 2.33. The second-order valence-electron chi connectivity index (χ2n) is 8.25. The molecule has 0 aliphatic heterocycles. The smallest absolute Gasteiger partial charge is 0.316 e. The summed E-state index contributed by atoms with van der Waals surface area (Å²) in [7, 11) is -7.05. The molecule has 2 atom stereocenters. The Labute approximate surface area is 147 Å². The van der Waals surface area contributed by atoms with E-state index in [1.54, 1.807) is 0 Å². The third-order valence-corrected chi connectivity index (χ3v) is 16.0. The van der Waals surface area contributed by atoms with Crippen molar-refractivity contribution in [3.63, 3.8) is 0 Å². The quantitative estimate of drug-likeness (QED) is 0.567. The fourth-order valence-electron chi connectivity index (χ4n) is 2.67. The van der Waals surface area contributed by atoms with Crippen molar-refractivity contribution in [3.05, 3.63) is 35.9 Å². The highest BCUT2D eigenvalue weighted by atomic mass is 28.5. The molecule has 0 saturated carbocycles. The van der Waals surface area contributed by atoms with Crippen molar-refractivity contribution in [2.75, 3.05) is 0 Å². The first kappa shape index (κ1) is 21.0. The molecule has 0 aliphatic carbocycles. The van der Waals surface area contributed by atoms with Gasteiger partial charge in [-0.25, -0.2) is 0 Å². The zero-order valence-electron chi connectivity index (χ0n) is 16.1. The van der Waals surface area contributed by atoms with Crippen LogP contribution in [0.2, 0.25) is 58.4 Å². The van der Waals surface area contributed by atoms with Gasteiger partial charge in [0.25, 0.3) is 9.28 Å². The summed E-state index contributed by atoms with van der Waals surface area (Å²) in [5, 5.41) is 0. The standard InChI is InChI=1S/C16H34O3Si4/c1-20(17-21(2,3)4)18-23(8,19-22(5,6)7)15-14-16-12-10-9-11-13-16/h9-13,20H,14-15H2,1-8H3. The van der Waals surface area contributed by atoms with E-state index in [0.29, 0.717) is 0 Å². The van der Waals surface area contributed by atoms with Crippen molar-refractivity contribution in [1.29, 1.82) is 0 Å². The highest BCUT2D eigenvalue weighted by Gasteiger charge is 2.38. The van der Waals surface area contributed by atoms with Crippen molar-refractivity contribution in [2.24, 2.45) is 0 Å². The van der Waals surface area contributed by atoms with Gasteiger partial charge in [0.15, 0.2) is 16.6 Å². The third-order valence-electron chi connectivity index (χ3n) is 3.17. The van der Waals surface area contributed by atoms with Crippen molar-refractivity contribution < 1.29 is 12.3 Å². The van der Waals surface area contributed by atoms with E-state index >= 15 is 0 Å². The lowest BCUT2D eigenvalue weighted by molar-refractivity contribution is 0.343. The molecule has 0 radical (unpaired) electrons. The highest BCUT2D eigenvalue weighted by Crippen LogP contribution is 2.24. The van der Waals surface area contributed by atoms with Crippen LogP contribution in [0.3, 0.4) is 0 Å². The van der Waals surface area contributed by atoms with Crippen LogP contribution >= 0.6 is 0 Å². The van der Waals surface area contributed by atoms with Gasteiger partial charge in [-0.3, -0.25) is 0 Å². The van der Waals surface area contributed by atoms with Gasteiger partial charge < -0.3 is 12.3 Å². The van der Waals surface area contributed by atoms with Gasteiger partial charge in [0.1, 0.15) is 0 Å². The maximum atomic E-state index is 6.56. The molecule has 3 nitrogen and oxygen atoms in total. The summed E-state index contributed by atoms with van der Waals surface area (Å²) in [4.78, 5) is 0. The summed E-state index contributed by atoms with van der Waals surface area (Å²) in [5.41, 5.74) is 1.36. The van der Waals surface area contributed by atoms with Crippen LogP contribution in [0.4, 0.5) is 0 Å². The minimum Gasteiger partial charge on any atom is -0.439 e. The molecule has 132 valence electrons. The predicted molar refractivity (Wildman–Crippen MR) is 110 cm³/mol. The first-order valence-electron chi connectivity index (χ1n) is 8.48. The van der Waals surface area contributed by atoms with Crippen molar-refractivity contribution in [3.8, 4) is 0 Å². The Balaban J connectivity index is 2.76. The maximum Gasteiger partial charge on any atom is 0.316 e. The molecule has 7 heteroatoms. The number of hydrogen-bond acceptors (Lipinski definition) is 3. The van der Waals surface area contributed by atoms with E-state index in [1.807, 2.05) is 0 Å². The van der Waals surface area contributed by atoms with E-state index in [4.69, 9.17) is 12.3 Å². The lowest BCUT2D eigenvalue weighted by Crippen LogP contribution is -2.52. The van der Waals surface area contributed by atoms with Crippen LogP contribution < -0.4 is 0 Å². The summed E-state index contributed by atoms with van der Waals surface area (Å²) in [6.07, 6.45) is 1.02. The molecule has 0 N–H and O–H groups in total. The first-order chi connectivity index (χ1) is 10.4. The zero-order valence-corrected chi connectivity index (χ0v) is 20.3. The molecule has 23 heavy (non-hydrogen) atoms. The summed E-state index contributed by atoms with van der Waals surface area (Å²) in [5.74, 6) is 0. The third kappa shape index (κ3) is 9.75. The molecule has 1 aromatic rings. The fourth-order valence-corrected chi connectivity index (χ4v) is 17.5. The van der Waals surface area contributed by atoms with Crippen molar-refractivity contribution in [1.82, 2.24) is 0 Å². The number of benzene rings is 1. The van der Waals surface area contributed by atoms with Crippen LogP contribution in [0.5, 0.6) is 0 Å². The molecule has 1 aromatic carbocycles. The Kier molecular flexibility index (Phi) is 7.65. The van der Waals surface area contributed by atoms with E-state index in [1.165, 1.54) is 5.56 Å². The minimum atomic E-state index is -2.21. The van der Waals surface area contributed by atoms with Gasteiger partial charge in [0, 0.05) is 0 Å². The van der Waals surface area contributed by atoms with E-state index in [0.717, 1.165) is 12.5 Å². The van der Waals surface area contributed by atoms with E-state index in [9.17, 15) is 0 Å². The topological polar surface area (TPSA) is 27.7 Å². The number of hydrogen-bond donors (Lipinski definition) is 0. The molecular weight excluding hydrogens is 353 g/mol. The van der Waals surface area contributed by atoms with Gasteiger partial charge in [0.05, 0.1) is 0 Å². The highest BCUT2D eigenvalue weighted by molar-refractivity contribution is 6.85. The van der Waals surface area contributed by atoms with Crippen LogP contribution in [-0.4, -0.2) is 34.5 Å². The molecule has 0 amide bonds. The van der Waals surface area contributed by atoms with E-state index in [2.05, 4.69) is 82.7 Å². The molecule has 1 rings (SSSR count). The first-order valence-corrected chi connectivity index (χ1v) is 19.9. The second-order valence-corrected chi connectivity index (χ2v) is 23.3. The van der Waals surface area contributed by atoms with Crippen LogP contribution in [-0.2, 0) is 18.8 Å². The normalized spacial score (nSPS) is 16.9. The van der Waals surface area contributed by atoms with Gasteiger partial charge in [-0.1, -0.05) is 30.3 Å². The molecule has 0 bridgehead atoms. The maximum absolute atomic E-state index is 6.56. The Morgan fingerprint density at radius 3 is 1.87 bits per heavy atom. The van der Waals surface area contributed by atoms with Crippen molar-refractivity contribution in [2.45, 2.75) is 64.8 Å². The number of aryl methyl sites for hydroxylation is 1. The number of rotatable bonds is 9. The second kappa shape index (κ2) is 8.37. The Hall–Kier alpha value is -0.0325. The Bertz CT molecular complexity index is 470. The van der Waals surface area contributed by atoms with Gasteiger partial charge in [-0.15, -0.1) is 0 Å². The van der Waals surface area contributed by atoms with Crippen molar-refractivity contribution >= 4 is 34.5 Å². The van der Waals surface area contributed by atoms with Gasteiger partial charge >= 0.3 is 8.56 Å². The van der Waals surface area contributed by atoms with Gasteiger partial charge in [-0.05, 0) is 70.4 Å². The van der Waals surface area contributed by atoms with Crippen LogP contribution in [0.1, 0.15) is 5.56 Å². The summed E-state index contributed by atoms with van der Waals surface area (Å²) >= 11 is 0. The van der Waals surface area contributed by atoms with Crippen LogP contribution in [0, 0.1) is 0 Å². The minimum absolute atomic E-state index is 0.994. The zero-order chi connectivity index (χ0) is 17.7. The molecule has 0 fully saturated rings. The largest absolute Gasteiger partial charge is 0.439 e. The molecule has 0 spiro atoms. The van der Waals surface area contributed by atoms with Crippen LogP contribution in [0.15, 0.2) is 30.3 Å². The monoisotopic (exact) mass is 386 g/mol. The summed E-state index contributed by atoms with van der Waals surface area (Å²) < 4.78 is 19.3. The van der Waals surface area contributed by atoms with Gasteiger partial charge in [-0.2, -0.15) is 0 Å². The average molecular weight is 387 g/mol. The SMILES string of the molecule is C[SiH](O[Si](C)(C)C)O[Si](C)(CCc1ccccc1)O[Si](C)(C)C. The molecule has 0 aliphatic rings. The summed E-state index contributed by atoms with van der Waals surface area (Å²) in [6, 6.07) is 11.6. The Morgan fingerprint density at radius 2 is 1.39 bits per heavy atom. The van der Waals surface area contributed by atoms with E-state index in [-0.39, 0.29) is 0 Å². The van der Waals surface area contributed by atoms with E-state index < -0.39 is 34.5 Å². The molecule has 2 unspecified atom stereocenters. The lowest BCUT2D eigenvalue weighted by atomic mass is 10.2. The predicted octanol–water partition coefficient (Wildman–Crippen LogP) is 4.87. The molecule has 0 heterocycles. The van der Waals surface area contributed by atoms with Crippen LogP contribution in [0.25, 0.3) is 0 Å². The summed E-state index contributed by atoms with van der Waals surface area (Å²) in [6.45, 7) is 17.8. The Morgan fingerprint density at radius 1 is 0.826 bits per heavy atom. The molecule has 0 saturated heterocycles.